The van der Waals surface area contributed by atoms with Crippen molar-refractivity contribution in [3.05, 3.63) is 72.3 Å². The monoisotopic (exact) mass is 371 g/mol. The molecule has 1 amide bonds. The summed E-state index contributed by atoms with van der Waals surface area (Å²) in [5, 5.41) is 0. The molecule has 0 bridgehead atoms. The summed E-state index contributed by atoms with van der Waals surface area (Å²) in [6, 6.07) is 17.8. The number of imidazole rings is 2. The van der Waals surface area contributed by atoms with Crippen LogP contribution in [0, 0.1) is 0 Å². The predicted octanol–water partition coefficient (Wildman–Crippen LogP) is 4.01. The van der Waals surface area contributed by atoms with E-state index in [2.05, 4.69) is 15.0 Å². The third-order valence-electron chi connectivity index (χ3n) is 5.29. The second-order valence-corrected chi connectivity index (χ2v) is 7.10. The van der Waals surface area contributed by atoms with Crippen molar-refractivity contribution in [1.29, 1.82) is 0 Å². The fraction of sp³-hybridized carbons (Fsp3) is 0.227. The maximum absolute atomic E-state index is 13.1. The Morgan fingerprint density at radius 1 is 0.964 bits per heavy atom. The zero-order chi connectivity index (χ0) is 18.9. The molecule has 1 aliphatic rings. The molecule has 0 fully saturated rings. The number of nitrogens with one attached hydrogen (secondary N) is 1. The van der Waals surface area contributed by atoms with Crippen LogP contribution in [0.2, 0.25) is 0 Å². The van der Waals surface area contributed by atoms with E-state index in [1.807, 2.05) is 54.6 Å². The van der Waals surface area contributed by atoms with Crippen molar-refractivity contribution in [2.24, 2.45) is 0 Å². The number of carbonyl (C=O) groups excluding carboxylic acids is 1. The van der Waals surface area contributed by atoms with Crippen LogP contribution in [0.25, 0.3) is 22.4 Å². The number of nitrogens with zero attached hydrogens (tertiary/aromatic N) is 4. The highest BCUT2D eigenvalue weighted by Crippen LogP contribution is 2.27. The van der Waals surface area contributed by atoms with Gasteiger partial charge in [0.05, 0.1) is 16.7 Å². The average molecular weight is 371 g/mol. The highest BCUT2D eigenvalue weighted by Gasteiger charge is 2.24. The van der Waals surface area contributed by atoms with E-state index in [0.29, 0.717) is 5.69 Å². The number of carbonyl (C=O) groups is 1. The number of hydrogen-bond acceptors (Lipinski definition) is 3. The Hall–Kier alpha value is -3.41. The van der Waals surface area contributed by atoms with Crippen molar-refractivity contribution in [3.63, 3.8) is 0 Å². The van der Waals surface area contributed by atoms with E-state index < -0.39 is 0 Å². The van der Waals surface area contributed by atoms with Crippen LogP contribution in [0.1, 0.15) is 35.4 Å². The molecule has 0 saturated heterocycles. The molecule has 0 radical (unpaired) electrons. The molecule has 0 aliphatic carbocycles. The molecule has 1 aliphatic heterocycles. The minimum absolute atomic E-state index is 0.198. The third-order valence-corrected chi connectivity index (χ3v) is 5.29. The maximum Gasteiger partial charge on any atom is 0.290 e. The van der Waals surface area contributed by atoms with Crippen LogP contribution in [-0.2, 0) is 13.0 Å². The van der Waals surface area contributed by atoms with Crippen LogP contribution >= 0.6 is 0 Å². The number of benzene rings is 2. The average Bonchev–Trinajstić information content (AvgIpc) is 3.22. The van der Waals surface area contributed by atoms with Gasteiger partial charge in [-0.3, -0.25) is 10.2 Å². The van der Waals surface area contributed by atoms with Gasteiger partial charge in [0.2, 0.25) is 0 Å². The molecule has 3 heterocycles. The lowest BCUT2D eigenvalue weighted by atomic mass is 10.1. The second-order valence-electron chi connectivity index (χ2n) is 7.10. The van der Waals surface area contributed by atoms with Gasteiger partial charge in [0.1, 0.15) is 12.2 Å². The summed E-state index contributed by atoms with van der Waals surface area (Å²) in [6.45, 7) is 0.897. The number of rotatable bonds is 3. The lowest BCUT2D eigenvalue weighted by molar-refractivity contribution is 0.100. The maximum atomic E-state index is 13.1. The molecule has 4 aromatic rings. The number of aromatic nitrogens is 4. The first-order chi connectivity index (χ1) is 13.8. The van der Waals surface area contributed by atoms with Crippen LogP contribution in [-0.4, -0.2) is 25.1 Å². The molecular formula is C22H21N5O. The van der Waals surface area contributed by atoms with Crippen LogP contribution in [0.4, 0.5) is 0 Å². The largest absolute Gasteiger partial charge is 0.327 e. The number of amides is 1. The second kappa shape index (κ2) is 6.96. The Morgan fingerprint density at radius 2 is 1.79 bits per heavy atom. The summed E-state index contributed by atoms with van der Waals surface area (Å²) in [7, 11) is 0. The van der Waals surface area contributed by atoms with Gasteiger partial charge in [-0.05, 0) is 31.4 Å². The van der Waals surface area contributed by atoms with Gasteiger partial charge < -0.3 is 4.57 Å². The first-order valence-electron chi connectivity index (χ1n) is 9.69. The summed E-state index contributed by atoms with van der Waals surface area (Å²) in [4.78, 5) is 22.3. The number of para-hydroxylation sites is 2. The molecule has 5 rings (SSSR count). The summed E-state index contributed by atoms with van der Waals surface area (Å²) in [5.41, 5.74) is 7.24. The van der Waals surface area contributed by atoms with Crippen LogP contribution in [0.5, 0.6) is 0 Å². The van der Waals surface area contributed by atoms with Gasteiger partial charge >= 0.3 is 0 Å². The van der Waals surface area contributed by atoms with Crippen molar-refractivity contribution in [1.82, 2.24) is 19.2 Å². The van der Waals surface area contributed by atoms with Gasteiger partial charge in [-0.15, -0.1) is 0 Å². The predicted molar refractivity (Wildman–Crippen MR) is 109 cm³/mol. The summed E-state index contributed by atoms with van der Waals surface area (Å²) in [6.07, 6.45) is 5.86. The third kappa shape index (κ3) is 2.87. The van der Waals surface area contributed by atoms with Gasteiger partial charge in [-0.25, -0.2) is 14.6 Å². The van der Waals surface area contributed by atoms with Crippen LogP contribution < -0.4 is 5.43 Å². The first kappa shape index (κ1) is 16.7. The van der Waals surface area contributed by atoms with E-state index in [1.165, 1.54) is 6.42 Å². The van der Waals surface area contributed by atoms with E-state index >= 15 is 0 Å². The topological polar surface area (TPSA) is 64.7 Å². The molecule has 140 valence electrons. The van der Waals surface area contributed by atoms with E-state index in [0.717, 1.165) is 53.9 Å². The summed E-state index contributed by atoms with van der Waals surface area (Å²) in [5.74, 6) is 0.675. The van der Waals surface area contributed by atoms with E-state index in [9.17, 15) is 4.79 Å². The zero-order valence-electron chi connectivity index (χ0n) is 15.5. The highest BCUT2D eigenvalue weighted by molar-refractivity contribution is 6.00. The van der Waals surface area contributed by atoms with Crippen molar-refractivity contribution >= 4 is 16.9 Å². The van der Waals surface area contributed by atoms with Crippen molar-refractivity contribution < 1.29 is 4.79 Å². The smallest absolute Gasteiger partial charge is 0.290 e. The first-order valence-corrected chi connectivity index (χ1v) is 9.69. The quantitative estimate of drug-likeness (QED) is 0.592. The fourth-order valence-electron chi connectivity index (χ4n) is 3.92. The van der Waals surface area contributed by atoms with E-state index in [4.69, 9.17) is 4.98 Å². The summed E-state index contributed by atoms with van der Waals surface area (Å²) < 4.78 is 3.89. The van der Waals surface area contributed by atoms with Gasteiger partial charge in [-0.2, -0.15) is 0 Å². The Labute approximate surface area is 162 Å². The Balaban J connectivity index is 1.55. The molecule has 0 spiro atoms. The fourth-order valence-corrected chi connectivity index (χ4v) is 3.92. The molecule has 2 aromatic heterocycles. The Bertz CT molecular complexity index is 1140. The lowest BCUT2D eigenvalue weighted by Gasteiger charge is -2.09. The molecule has 2 aromatic carbocycles. The minimum Gasteiger partial charge on any atom is -0.327 e. The molecular weight excluding hydrogens is 350 g/mol. The molecule has 6 nitrogen and oxygen atoms in total. The van der Waals surface area contributed by atoms with Crippen molar-refractivity contribution in [2.75, 3.05) is 5.43 Å². The highest BCUT2D eigenvalue weighted by atomic mass is 16.2. The van der Waals surface area contributed by atoms with Crippen LogP contribution in [0.3, 0.4) is 0 Å². The molecule has 0 unspecified atom stereocenters. The lowest BCUT2D eigenvalue weighted by Crippen LogP contribution is -2.23. The molecule has 1 N–H and O–H groups in total. The Morgan fingerprint density at radius 3 is 2.68 bits per heavy atom. The molecule has 0 saturated carbocycles. The SMILES string of the molecule is O=C(Nn1cnc2ccccc21)c1nc(-c2ccccc2)n2c1CCCCC2. The van der Waals surface area contributed by atoms with Crippen molar-refractivity contribution in [3.8, 4) is 11.4 Å². The standard InChI is InChI=1S/C22H21N5O/c28-22(25-27-15-23-17-11-6-7-12-18(17)27)20-19-13-5-2-8-14-26(19)21(24-20)16-9-3-1-4-10-16/h1,3-4,6-7,9-12,15H,2,5,8,13-14H2,(H,25,28). The molecule has 28 heavy (non-hydrogen) atoms. The van der Waals surface area contributed by atoms with E-state index in [-0.39, 0.29) is 5.91 Å². The van der Waals surface area contributed by atoms with E-state index in [1.54, 1.807) is 11.0 Å². The van der Waals surface area contributed by atoms with Gasteiger partial charge in [0.15, 0.2) is 5.69 Å². The van der Waals surface area contributed by atoms with Gasteiger partial charge in [0, 0.05) is 12.1 Å². The zero-order valence-corrected chi connectivity index (χ0v) is 15.5. The minimum atomic E-state index is -0.198. The normalized spacial score (nSPS) is 13.9. The van der Waals surface area contributed by atoms with Crippen LogP contribution in [0.15, 0.2) is 60.9 Å². The number of hydrogen-bond donors (Lipinski definition) is 1. The number of fused-ring (bicyclic) bond motifs is 2. The van der Waals surface area contributed by atoms with Gasteiger partial charge in [0.25, 0.3) is 5.91 Å². The van der Waals surface area contributed by atoms with Crippen molar-refractivity contribution in [2.45, 2.75) is 32.2 Å². The van der Waals surface area contributed by atoms with Gasteiger partial charge in [-0.1, -0.05) is 48.9 Å². The molecule has 0 atom stereocenters. The molecule has 6 heteroatoms. The Kier molecular flexibility index (Phi) is 4.16. The summed E-state index contributed by atoms with van der Waals surface area (Å²) >= 11 is 0.